The zero-order chi connectivity index (χ0) is 12.8. The molecule has 96 valence electrons. The molecular weight excluding hydrogens is 240 g/mol. The number of hydrogen-bond acceptors (Lipinski definition) is 3. The summed E-state index contributed by atoms with van der Waals surface area (Å²) in [4.78, 5) is 0. The van der Waals surface area contributed by atoms with Gasteiger partial charge in [0.2, 0.25) is 0 Å². The van der Waals surface area contributed by atoms with Crippen LogP contribution >= 0.6 is 11.6 Å². The van der Waals surface area contributed by atoms with E-state index in [2.05, 4.69) is 0 Å². The highest BCUT2D eigenvalue weighted by Gasteiger charge is 2.16. The fourth-order valence-corrected chi connectivity index (χ4v) is 1.98. The van der Waals surface area contributed by atoms with Gasteiger partial charge in [-0.3, -0.25) is 0 Å². The Morgan fingerprint density at radius 1 is 1.41 bits per heavy atom. The van der Waals surface area contributed by atoms with Gasteiger partial charge in [-0.25, -0.2) is 0 Å². The molecule has 3 nitrogen and oxygen atoms in total. The van der Waals surface area contributed by atoms with Crippen LogP contribution in [0.15, 0.2) is 18.2 Å². The molecule has 0 aliphatic rings. The molecular formula is C13H19ClO3. The largest absolute Gasteiger partial charge is 0.494 e. The van der Waals surface area contributed by atoms with Crippen LogP contribution in [0, 0.1) is 0 Å². The van der Waals surface area contributed by atoms with E-state index in [4.69, 9.17) is 21.4 Å². The molecule has 2 atom stereocenters. The zero-order valence-electron chi connectivity index (χ0n) is 10.2. The second-order valence-corrected chi connectivity index (χ2v) is 4.52. The van der Waals surface area contributed by atoms with E-state index in [1.165, 1.54) is 0 Å². The summed E-state index contributed by atoms with van der Waals surface area (Å²) in [5.41, 5.74) is 0.965. The topological polar surface area (TPSA) is 49.7 Å². The second-order valence-electron chi connectivity index (χ2n) is 4.09. The molecule has 1 rings (SSSR count). The number of rotatable bonds is 6. The SMILES string of the molecule is CCOc1ccc(Cl)cc1C(C)CC(O)CO. The molecule has 0 amide bonds. The molecule has 1 aromatic rings. The Labute approximate surface area is 107 Å². The van der Waals surface area contributed by atoms with Gasteiger partial charge >= 0.3 is 0 Å². The molecule has 0 heterocycles. The predicted molar refractivity (Wildman–Crippen MR) is 68.7 cm³/mol. The number of aliphatic hydroxyl groups excluding tert-OH is 2. The lowest BCUT2D eigenvalue weighted by molar-refractivity contribution is 0.0833. The van der Waals surface area contributed by atoms with Gasteiger partial charge in [0.15, 0.2) is 0 Å². The summed E-state index contributed by atoms with van der Waals surface area (Å²) in [7, 11) is 0. The fourth-order valence-electron chi connectivity index (χ4n) is 1.80. The Balaban J connectivity index is 2.89. The van der Waals surface area contributed by atoms with Crippen molar-refractivity contribution in [2.75, 3.05) is 13.2 Å². The monoisotopic (exact) mass is 258 g/mol. The Bertz CT molecular complexity index is 355. The maximum Gasteiger partial charge on any atom is 0.122 e. The average Bonchev–Trinajstić information content (AvgIpc) is 2.31. The van der Waals surface area contributed by atoms with Crippen molar-refractivity contribution < 1.29 is 14.9 Å². The number of ether oxygens (including phenoxy) is 1. The lowest BCUT2D eigenvalue weighted by Gasteiger charge is -2.18. The van der Waals surface area contributed by atoms with Crippen LogP contribution in [-0.2, 0) is 0 Å². The molecule has 0 fully saturated rings. The van der Waals surface area contributed by atoms with Crippen LogP contribution in [0.25, 0.3) is 0 Å². The van der Waals surface area contributed by atoms with Crippen molar-refractivity contribution in [1.29, 1.82) is 0 Å². The van der Waals surface area contributed by atoms with Gasteiger partial charge in [-0.05, 0) is 43.0 Å². The van der Waals surface area contributed by atoms with E-state index in [-0.39, 0.29) is 12.5 Å². The molecule has 2 N–H and O–H groups in total. The molecule has 0 saturated carbocycles. The van der Waals surface area contributed by atoms with E-state index in [1.807, 2.05) is 26.0 Å². The number of benzene rings is 1. The molecule has 1 aromatic carbocycles. The molecule has 0 saturated heterocycles. The molecule has 0 bridgehead atoms. The van der Waals surface area contributed by atoms with E-state index in [0.717, 1.165) is 11.3 Å². The first-order chi connectivity index (χ1) is 8.08. The van der Waals surface area contributed by atoms with Crippen LogP contribution in [0.2, 0.25) is 5.02 Å². The highest BCUT2D eigenvalue weighted by atomic mass is 35.5. The van der Waals surface area contributed by atoms with Crippen molar-refractivity contribution in [3.05, 3.63) is 28.8 Å². The second kappa shape index (κ2) is 6.84. The summed E-state index contributed by atoms with van der Waals surface area (Å²) in [5, 5.41) is 19.0. The number of hydrogen-bond donors (Lipinski definition) is 2. The number of aliphatic hydroxyl groups is 2. The van der Waals surface area contributed by atoms with Gasteiger partial charge in [0, 0.05) is 5.02 Å². The first-order valence-corrected chi connectivity index (χ1v) is 6.17. The van der Waals surface area contributed by atoms with Crippen LogP contribution in [-0.4, -0.2) is 29.5 Å². The third kappa shape index (κ3) is 4.19. The standard InChI is InChI=1S/C13H19ClO3/c1-3-17-13-5-4-10(14)7-12(13)9(2)6-11(16)8-15/h4-5,7,9,11,15-16H,3,6,8H2,1-2H3. The Morgan fingerprint density at radius 3 is 2.71 bits per heavy atom. The molecule has 0 aromatic heterocycles. The smallest absolute Gasteiger partial charge is 0.122 e. The van der Waals surface area contributed by atoms with Crippen LogP contribution < -0.4 is 4.74 Å². The molecule has 0 radical (unpaired) electrons. The van der Waals surface area contributed by atoms with E-state index in [1.54, 1.807) is 6.07 Å². The Kier molecular flexibility index (Phi) is 5.75. The molecule has 0 aliphatic heterocycles. The van der Waals surface area contributed by atoms with Gasteiger partial charge in [-0.2, -0.15) is 0 Å². The summed E-state index contributed by atoms with van der Waals surface area (Å²) in [6.07, 6.45) is -0.227. The van der Waals surface area contributed by atoms with Crippen molar-refractivity contribution in [2.24, 2.45) is 0 Å². The van der Waals surface area contributed by atoms with E-state index < -0.39 is 6.10 Å². The number of halogens is 1. The minimum atomic E-state index is -0.710. The summed E-state index contributed by atoms with van der Waals surface area (Å²) < 4.78 is 5.53. The van der Waals surface area contributed by atoms with Crippen molar-refractivity contribution in [3.63, 3.8) is 0 Å². The fraction of sp³-hybridized carbons (Fsp3) is 0.538. The van der Waals surface area contributed by atoms with Gasteiger partial charge in [-0.1, -0.05) is 18.5 Å². The first kappa shape index (κ1) is 14.3. The Morgan fingerprint density at radius 2 is 2.12 bits per heavy atom. The van der Waals surface area contributed by atoms with Crippen LogP contribution in [0.5, 0.6) is 5.75 Å². The van der Waals surface area contributed by atoms with E-state index >= 15 is 0 Å². The summed E-state index contributed by atoms with van der Waals surface area (Å²) in [6.45, 7) is 4.26. The normalized spacial score (nSPS) is 14.4. The van der Waals surface area contributed by atoms with E-state index in [9.17, 15) is 5.11 Å². The molecule has 0 aliphatic carbocycles. The molecule has 2 unspecified atom stereocenters. The Hall–Kier alpha value is -0.770. The highest BCUT2D eigenvalue weighted by Crippen LogP contribution is 2.32. The van der Waals surface area contributed by atoms with Crippen molar-refractivity contribution in [1.82, 2.24) is 0 Å². The van der Waals surface area contributed by atoms with Crippen molar-refractivity contribution in [2.45, 2.75) is 32.3 Å². The average molecular weight is 259 g/mol. The van der Waals surface area contributed by atoms with Crippen LogP contribution in [0.1, 0.15) is 31.7 Å². The maximum absolute atomic E-state index is 9.46. The molecule has 0 spiro atoms. The summed E-state index contributed by atoms with van der Waals surface area (Å²) in [5.74, 6) is 0.868. The molecule has 17 heavy (non-hydrogen) atoms. The molecule has 4 heteroatoms. The van der Waals surface area contributed by atoms with Crippen molar-refractivity contribution >= 4 is 11.6 Å². The third-order valence-electron chi connectivity index (χ3n) is 2.64. The summed E-state index contributed by atoms with van der Waals surface area (Å²) >= 11 is 5.96. The van der Waals surface area contributed by atoms with Crippen LogP contribution in [0.3, 0.4) is 0 Å². The lowest BCUT2D eigenvalue weighted by Crippen LogP contribution is -2.15. The van der Waals surface area contributed by atoms with Gasteiger partial charge in [0.1, 0.15) is 5.75 Å². The van der Waals surface area contributed by atoms with Gasteiger partial charge in [-0.15, -0.1) is 0 Å². The first-order valence-electron chi connectivity index (χ1n) is 5.79. The minimum Gasteiger partial charge on any atom is -0.494 e. The van der Waals surface area contributed by atoms with Crippen molar-refractivity contribution in [3.8, 4) is 5.75 Å². The minimum absolute atomic E-state index is 0.0809. The van der Waals surface area contributed by atoms with Crippen LogP contribution in [0.4, 0.5) is 0 Å². The third-order valence-corrected chi connectivity index (χ3v) is 2.87. The predicted octanol–water partition coefficient (Wildman–Crippen LogP) is 2.59. The summed E-state index contributed by atoms with van der Waals surface area (Å²) in [6, 6.07) is 5.47. The lowest BCUT2D eigenvalue weighted by atomic mass is 9.94. The van der Waals surface area contributed by atoms with E-state index in [0.29, 0.717) is 18.1 Å². The van der Waals surface area contributed by atoms with Gasteiger partial charge < -0.3 is 14.9 Å². The van der Waals surface area contributed by atoms with Gasteiger partial charge in [0.05, 0.1) is 19.3 Å². The highest BCUT2D eigenvalue weighted by molar-refractivity contribution is 6.30. The maximum atomic E-state index is 9.46. The quantitative estimate of drug-likeness (QED) is 0.825. The zero-order valence-corrected chi connectivity index (χ0v) is 10.9. The van der Waals surface area contributed by atoms with Gasteiger partial charge in [0.25, 0.3) is 0 Å².